The number of benzene rings is 3. The maximum atomic E-state index is 13.4. The zero-order chi connectivity index (χ0) is 20.8. The molecule has 1 atom stereocenters. The lowest BCUT2D eigenvalue weighted by atomic mass is 9.98. The van der Waals surface area contributed by atoms with Crippen LogP contribution in [0.4, 0.5) is 0 Å². The van der Waals surface area contributed by atoms with Crippen molar-refractivity contribution >= 4 is 40.1 Å². The molecule has 0 spiro atoms. The lowest BCUT2D eigenvalue weighted by molar-refractivity contribution is 0.0714. The number of carbonyl (C=O) groups is 1. The molecule has 4 aromatic rings. The molecule has 6 heteroatoms. The van der Waals surface area contributed by atoms with Gasteiger partial charge in [0.25, 0.3) is 5.91 Å². The summed E-state index contributed by atoms with van der Waals surface area (Å²) in [7, 11) is 0. The van der Waals surface area contributed by atoms with Crippen LogP contribution in [0, 0.1) is 0 Å². The number of amides is 1. The van der Waals surface area contributed by atoms with Gasteiger partial charge in [0, 0.05) is 16.6 Å². The van der Waals surface area contributed by atoms with E-state index < -0.39 is 6.04 Å². The van der Waals surface area contributed by atoms with Crippen molar-refractivity contribution in [3.8, 4) is 0 Å². The minimum atomic E-state index is -0.595. The van der Waals surface area contributed by atoms with Crippen LogP contribution in [-0.2, 0) is 6.54 Å². The molecule has 1 amide bonds. The van der Waals surface area contributed by atoms with Crippen molar-refractivity contribution in [1.82, 2.24) is 4.90 Å². The highest BCUT2D eigenvalue weighted by Gasteiger charge is 2.42. The third-order valence-corrected chi connectivity index (χ3v) is 5.98. The summed E-state index contributed by atoms with van der Waals surface area (Å²) >= 11 is 12.4. The molecular weight excluding hydrogens is 421 g/mol. The first-order valence-electron chi connectivity index (χ1n) is 9.40. The summed E-state index contributed by atoms with van der Waals surface area (Å²) in [5.41, 5.74) is 2.09. The molecule has 0 aliphatic carbocycles. The number of halogens is 2. The SMILES string of the molecule is O=C1c2oc3ccccc3c(=O)c2[C@H](c2ccc(Cl)cc2)N1Cc1ccccc1Cl. The summed E-state index contributed by atoms with van der Waals surface area (Å²) < 4.78 is 5.92. The number of rotatable bonds is 3. The van der Waals surface area contributed by atoms with Crippen LogP contribution in [0.3, 0.4) is 0 Å². The van der Waals surface area contributed by atoms with Crippen molar-refractivity contribution in [2.45, 2.75) is 12.6 Å². The molecule has 1 aliphatic heterocycles. The van der Waals surface area contributed by atoms with Gasteiger partial charge in [-0.15, -0.1) is 0 Å². The molecule has 4 nitrogen and oxygen atoms in total. The molecule has 0 N–H and O–H groups in total. The number of fused-ring (bicyclic) bond motifs is 2. The summed E-state index contributed by atoms with van der Waals surface area (Å²) in [6.07, 6.45) is 0. The fraction of sp³-hybridized carbons (Fsp3) is 0.0833. The lowest BCUT2D eigenvalue weighted by Crippen LogP contribution is -2.29. The van der Waals surface area contributed by atoms with Crippen LogP contribution < -0.4 is 5.43 Å². The molecule has 0 radical (unpaired) electrons. The Morgan fingerprint density at radius 3 is 2.33 bits per heavy atom. The van der Waals surface area contributed by atoms with Crippen LogP contribution in [0.1, 0.15) is 33.3 Å². The molecular formula is C24H15Cl2NO3. The monoisotopic (exact) mass is 435 g/mol. The largest absolute Gasteiger partial charge is 0.450 e. The summed E-state index contributed by atoms with van der Waals surface area (Å²) in [5, 5.41) is 1.58. The molecule has 0 saturated carbocycles. The van der Waals surface area contributed by atoms with E-state index in [1.807, 2.05) is 30.3 Å². The molecule has 0 unspecified atom stereocenters. The molecule has 0 fully saturated rings. The molecule has 1 aromatic heterocycles. The Kier molecular flexibility index (Phi) is 4.61. The van der Waals surface area contributed by atoms with Gasteiger partial charge in [-0.25, -0.2) is 0 Å². The van der Waals surface area contributed by atoms with Gasteiger partial charge in [0.05, 0.1) is 17.0 Å². The van der Waals surface area contributed by atoms with E-state index in [0.29, 0.717) is 26.6 Å². The van der Waals surface area contributed by atoms with Crippen molar-refractivity contribution in [2.24, 2.45) is 0 Å². The van der Waals surface area contributed by atoms with Gasteiger partial charge in [0.1, 0.15) is 5.58 Å². The Bertz CT molecular complexity index is 1340. The molecule has 3 aromatic carbocycles. The van der Waals surface area contributed by atoms with Gasteiger partial charge in [0.15, 0.2) is 5.43 Å². The molecule has 0 saturated heterocycles. The van der Waals surface area contributed by atoms with Crippen LogP contribution in [0.15, 0.2) is 82.0 Å². The Balaban J connectivity index is 1.73. The highest BCUT2D eigenvalue weighted by Crippen LogP contribution is 2.39. The average molecular weight is 436 g/mol. The van der Waals surface area contributed by atoms with Gasteiger partial charge in [-0.2, -0.15) is 0 Å². The zero-order valence-electron chi connectivity index (χ0n) is 15.6. The first-order valence-corrected chi connectivity index (χ1v) is 10.2. The van der Waals surface area contributed by atoms with Crippen LogP contribution in [0.25, 0.3) is 11.0 Å². The Hall–Kier alpha value is -3.08. The maximum Gasteiger partial charge on any atom is 0.291 e. The zero-order valence-corrected chi connectivity index (χ0v) is 17.2. The number of nitrogens with zero attached hydrogens (tertiary/aromatic N) is 1. The first kappa shape index (κ1) is 18.9. The lowest BCUT2D eigenvalue weighted by Gasteiger charge is -2.25. The summed E-state index contributed by atoms with van der Waals surface area (Å²) in [4.78, 5) is 28.4. The van der Waals surface area contributed by atoms with Crippen LogP contribution in [-0.4, -0.2) is 10.8 Å². The fourth-order valence-electron chi connectivity index (χ4n) is 3.93. The quantitative estimate of drug-likeness (QED) is 0.405. The predicted octanol–water partition coefficient (Wildman–Crippen LogP) is 5.85. The molecule has 1 aliphatic rings. The van der Waals surface area contributed by atoms with Crippen molar-refractivity contribution in [3.63, 3.8) is 0 Å². The highest BCUT2D eigenvalue weighted by atomic mass is 35.5. The van der Waals surface area contributed by atoms with E-state index >= 15 is 0 Å². The van der Waals surface area contributed by atoms with Gasteiger partial charge < -0.3 is 9.32 Å². The van der Waals surface area contributed by atoms with E-state index in [0.717, 1.165) is 11.1 Å². The van der Waals surface area contributed by atoms with Crippen LogP contribution in [0.2, 0.25) is 10.0 Å². The second-order valence-corrected chi connectivity index (χ2v) is 7.99. The Morgan fingerprint density at radius 2 is 1.57 bits per heavy atom. The smallest absolute Gasteiger partial charge is 0.291 e. The summed E-state index contributed by atoms with van der Waals surface area (Å²) in [6.45, 7) is 0.242. The van der Waals surface area contributed by atoms with Crippen LogP contribution in [0.5, 0.6) is 0 Å². The van der Waals surface area contributed by atoms with E-state index in [1.165, 1.54) is 0 Å². The third-order valence-electron chi connectivity index (χ3n) is 5.36. The molecule has 0 bridgehead atoms. The predicted molar refractivity (Wildman–Crippen MR) is 117 cm³/mol. The van der Waals surface area contributed by atoms with Gasteiger partial charge in [-0.1, -0.05) is 65.7 Å². The Labute approximate surface area is 182 Å². The molecule has 30 heavy (non-hydrogen) atoms. The van der Waals surface area contributed by atoms with E-state index in [4.69, 9.17) is 27.6 Å². The number of hydrogen-bond donors (Lipinski definition) is 0. The molecule has 148 valence electrons. The topological polar surface area (TPSA) is 50.5 Å². The van der Waals surface area contributed by atoms with Gasteiger partial charge in [-0.05, 0) is 41.5 Å². The summed E-state index contributed by atoms with van der Waals surface area (Å²) in [5.74, 6) is -0.265. The van der Waals surface area contributed by atoms with Crippen molar-refractivity contribution in [3.05, 3.63) is 116 Å². The first-order chi connectivity index (χ1) is 14.5. The highest BCUT2D eigenvalue weighted by molar-refractivity contribution is 6.31. The number of hydrogen-bond acceptors (Lipinski definition) is 3. The van der Waals surface area contributed by atoms with E-state index in [2.05, 4.69) is 0 Å². The molecule has 2 heterocycles. The molecule has 5 rings (SSSR count). The van der Waals surface area contributed by atoms with E-state index in [-0.39, 0.29) is 23.6 Å². The second kappa shape index (κ2) is 7.31. The van der Waals surface area contributed by atoms with Gasteiger partial charge in [0.2, 0.25) is 5.76 Å². The standard InChI is InChI=1S/C24H15Cl2NO3/c25-16-11-9-14(10-12-16)21-20-22(28)17-6-2-4-8-19(17)30-23(20)24(29)27(21)13-15-5-1-3-7-18(15)26/h1-12,21H,13H2/t21-/m0/s1. The fourth-order valence-corrected chi connectivity index (χ4v) is 4.25. The summed E-state index contributed by atoms with van der Waals surface area (Å²) in [6, 6.07) is 20.8. The third kappa shape index (κ3) is 3.00. The van der Waals surface area contributed by atoms with E-state index in [1.54, 1.807) is 47.4 Å². The van der Waals surface area contributed by atoms with Crippen molar-refractivity contribution < 1.29 is 9.21 Å². The van der Waals surface area contributed by atoms with Crippen LogP contribution >= 0.6 is 23.2 Å². The van der Waals surface area contributed by atoms with Gasteiger partial charge >= 0.3 is 0 Å². The normalized spacial score (nSPS) is 15.6. The minimum Gasteiger partial charge on any atom is -0.450 e. The maximum absolute atomic E-state index is 13.4. The van der Waals surface area contributed by atoms with Gasteiger partial charge in [-0.3, -0.25) is 9.59 Å². The Morgan fingerprint density at radius 1 is 0.867 bits per heavy atom. The number of carbonyl (C=O) groups excluding carboxylic acids is 1. The van der Waals surface area contributed by atoms with Crippen molar-refractivity contribution in [2.75, 3.05) is 0 Å². The number of para-hydroxylation sites is 1. The minimum absolute atomic E-state index is 0.0747. The van der Waals surface area contributed by atoms with Crippen molar-refractivity contribution in [1.29, 1.82) is 0 Å². The average Bonchev–Trinajstić information content (AvgIpc) is 3.03. The second-order valence-electron chi connectivity index (χ2n) is 7.15. The van der Waals surface area contributed by atoms with E-state index in [9.17, 15) is 9.59 Å².